The van der Waals surface area contributed by atoms with E-state index in [0.717, 1.165) is 13.0 Å². The van der Waals surface area contributed by atoms with E-state index in [9.17, 15) is 0 Å². The number of benzene rings is 2. The van der Waals surface area contributed by atoms with E-state index in [0.29, 0.717) is 0 Å². The van der Waals surface area contributed by atoms with Gasteiger partial charge in [0.05, 0.1) is 0 Å². The molecule has 2 aromatic heterocycles. The lowest BCUT2D eigenvalue weighted by atomic mass is 9.98. The lowest BCUT2D eigenvalue weighted by molar-refractivity contribution is -0.685. The van der Waals surface area contributed by atoms with Crippen LogP contribution in [0.2, 0.25) is 0 Å². The summed E-state index contributed by atoms with van der Waals surface area (Å²) in [5.74, 6) is 0. The topological polar surface area (TPSA) is 7.76 Å². The Morgan fingerprint density at radius 3 is 2.21 bits per heavy atom. The molecule has 2 aromatic carbocycles. The van der Waals surface area contributed by atoms with Crippen LogP contribution in [0.3, 0.4) is 0 Å². The third-order valence-electron chi connectivity index (χ3n) is 5.58. The van der Waals surface area contributed by atoms with Gasteiger partial charge in [-0.2, -0.15) is 4.57 Å². The summed E-state index contributed by atoms with van der Waals surface area (Å²) < 4.78 is 4.57. The molecule has 4 rings (SSSR count). The monoisotopic (exact) mass is 380 g/mol. The molecule has 0 aliphatic heterocycles. The van der Waals surface area contributed by atoms with Crippen molar-refractivity contribution in [3.63, 3.8) is 0 Å². The van der Waals surface area contributed by atoms with Crippen LogP contribution in [0.5, 0.6) is 0 Å². The highest BCUT2D eigenvalue weighted by Crippen LogP contribution is 2.24. The Morgan fingerprint density at radius 2 is 1.41 bits per heavy atom. The van der Waals surface area contributed by atoms with Crippen molar-refractivity contribution in [1.82, 2.24) is 0 Å². The smallest absolute Gasteiger partial charge is 0.201 e. The maximum absolute atomic E-state index is 2.37. The molecule has 0 unspecified atom stereocenters. The molecular formula is C27H28N2+2. The Kier molecular flexibility index (Phi) is 5.53. The van der Waals surface area contributed by atoms with Crippen LogP contribution in [0.1, 0.15) is 16.7 Å². The van der Waals surface area contributed by atoms with Gasteiger partial charge in [0.2, 0.25) is 11.4 Å². The second kappa shape index (κ2) is 8.40. The Morgan fingerprint density at radius 1 is 0.690 bits per heavy atom. The van der Waals surface area contributed by atoms with Crippen LogP contribution < -0.4 is 9.13 Å². The van der Waals surface area contributed by atoms with Crippen LogP contribution in [0, 0.1) is 13.8 Å². The molecule has 2 heterocycles. The number of rotatable bonds is 5. The van der Waals surface area contributed by atoms with E-state index in [-0.39, 0.29) is 0 Å². The number of hydrogen-bond donors (Lipinski definition) is 0. The quantitative estimate of drug-likeness (QED) is 0.431. The van der Waals surface area contributed by atoms with Crippen molar-refractivity contribution >= 4 is 0 Å². The van der Waals surface area contributed by atoms with E-state index < -0.39 is 0 Å². The Balaban J connectivity index is 1.68. The molecular weight excluding hydrogens is 352 g/mol. The van der Waals surface area contributed by atoms with Crippen LogP contribution in [0.15, 0.2) is 91.3 Å². The van der Waals surface area contributed by atoms with Crippen molar-refractivity contribution in [3.05, 3.63) is 108 Å². The molecule has 0 aliphatic carbocycles. The number of aryl methyl sites for hydroxylation is 5. The second-order valence-corrected chi connectivity index (χ2v) is 7.70. The summed E-state index contributed by atoms with van der Waals surface area (Å²) in [7, 11) is 2.11. The average molecular weight is 381 g/mol. The van der Waals surface area contributed by atoms with Gasteiger partial charge in [0.15, 0.2) is 18.9 Å². The third-order valence-corrected chi connectivity index (χ3v) is 5.58. The van der Waals surface area contributed by atoms with E-state index in [2.05, 4.69) is 121 Å². The van der Waals surface area contributed by atoms with Crippen molar-refractivity contribution in [2.45, 2.75) is 26.8 Å². The van der Waals surface area contributed by atoms with Crippen LogP contribution in [0.25, 0.3) is 22.5 Å². The molecule has 0 bridgehead atoms. The molecule has 0 aliphatic rings. The minimum atomic E-state index is 0.942. The molecule has 2 heteroatoms. The van der Waals surface area contributed by atoms with Gasteiger partial charge in [-0.1, -0.05) is 35.9 Å². The first-order chi connectivity index (χ1) is 14.1. The largest absolute Gasteiger partial charge is 0.212 e. The molecule has 0 fully saturated rings. The summed E-state index contributed by atoms with van der Waals surface area (Å²) in [6.45, 7) is 5.29. The summed E-state index contributed by atoms with van der Waals surface area (Å²) in [4.78, 5) is 0. The lowest BCUT2D eigenvalue weighted by Gasteiger charge is -2.10. The van der Waals surface area contributed by atoms with Gasteiger partial charge >= 0.3 is 0 Å². The molecule has 144 valence electrons. The molecule has 0 spiro atoms. The standard InChI is InChI=1S/C27H28N2/c1-21-14-15-23(25(20-21)26-12-6-8-17-28(26)3)16-19-29-18-9-7-13-27(29)24-11-5-4-10-22(24)2/h4-15,17-18,20H,16,19H2,1-3H3/q+2. The zero-order chi connectivity index (χ0) is 20.2. The van der Waals surface area contributed by atoms with Gasteiger partial charge < -0.3 is 0 Å². The highest BCUT2D eigenvalue weighted by molar-refractivity contribution is 5.62. The predicted molar refractivity (Wildman–Crippen MR) is 118 cm³/mol. The van der Waals surface area contributed by atoms with E-state index in [1.807, 2.05) is 0 Å². The highest BCUT2D eigenvalue weighted by Gasteiger charge is 2.17. The van der Waals surface area contributed by atoms with Crippen LogP contribution in [-0.4, -0.2) is 0 Å². The van der Waals surface area contributed by atoms with E-state index in [4.69, 9.17) is 0 Å². The molecule has 0 N–H and O–H groups in total. The van der Waals surface area contributed by atoms with E-state index in [1.165, 1.54) is 39.2 Å². The molecule has 2 nitrogen and oxygen atoms in total. The van der Waals surface area contributed by atoms with Crippen molar-refractivity contribution in [2.75, 3.05) is 0 Å². The maximum Gasteiger partial charge on any atom is 0.212 e. The van der Waals surface area contributed by atoms with Gasteiger partial charge in [0.1, 0.15) is 7.05 Å². The fourth-order valence-electron chi connectivity index (χ4n) is 3.97. The predicted octanol–water partition coefficient (Wildman–Crippen LogP) is 4.99. The Labute approximate surface area is 173 Å². The van der Waals surface area contributed by atoms with Gasteiger partial charge in [0, 0.05) is 41.8 Å². The summed E-state index contributed by atoms with van der Waals surface area (Å²) in [6, 6.07) is 28.3. The van der Waals surface area contributed by atoms with Gasteiger partial charge in [-0.25, -0.2) is 4.57 Å². The first-order valence-electron chi connectivity index (χ1n) is 10.2. The van der Waals surface area contributed by atoms with Gasteiger partial charge in [-0.05, 0) is 49.2 Å². The first-order valence-corrected chi connectivity index (χ1v) is 10.2. The van der Waals surface area contributed by atoms with Crippen LogP contribution in [-0.2, 0) is 20.0 Å². The van der Waals surface area contributed by atoms with Crippen molar-refractivity contribution in [2.24, 2.45) is 7.05 Å². The number of nitrogens with zero attached hydrogens (tertiary/aromatic N) is 2. The number of hydrogen-bond acceptors (Lipinski definition) is 0. The Bertz CT molecular complexity index is 1140. The van der Waals surface area contributed by atoms with Crippen LogP contribution >= 0.6 is 0 Å². The minimum Gasteiger partial charge on any atom is -0.201 e. The van der Waals surface area contributed by atoms with Crippen molar-refractivity contribution in [3.8, 4) is 22.5 Å². The molecule has 4 aromatic rings. The van der Waals surface area contributed by atoms with Gasteiger partial charge in [0.25, 0.3) is 0 Å². The van der Waals surface area contributed by atoms with E-state index >= 15 is 0 Å². The minimum absolute atomic E-state index is 0.942. The SMILES string of the molecule is Cc1ccc(CC[n+]2ccccc2-c2ccccc2C)c(-c2cccc[n+]2C)c1. The lowest BCUT2D eigenvalue weighted by Crippen LogP contribution is -2.37. The molecule has 29 heavy (non-hydrogen) atoms. The zero-order valence-electron chi connectivity index (χ0n) is 17.5. The fraction of sp³-hybridized carbons (Fsp3) is 0.185. The fourth-order valence-corrected chi connectivity index (χ4v) is 3.97. The normalized spacial score (nSPS) is 10.9. The first kappa shape index (κ1) is 19.1. The summed E-state index contributed by atoms with van der Waals surface area (Å²) in [6.07, 6.45) is 5.29. The molecule has 0 radical (unpaired) electrons. The van der Waals surface area contributed by atoms with Gasteiger partial charge in [-0.3, -0.25) is 0 Å². The number of aromatic nitrogens is 2. The summed E-state index contributed by atoms with van der Waals surface area (Å²) >= 11 is 0. The summed E-state index contributed by atoms with van der Waals surface area (Å²) in [5.41, 5.74) is 9.12. The van der Waals surface area contributed by atoms with Crippen molar-refractivity contribution < 1.29 is 9.13 Å². The van der Waals surface area contributed by atoms with E-state index in [1.54, 1.807) is 0 Å². The highest BCUT2D eigenvalue weighted by atomic mass is 15.0. The van der Waals surface area contributed by atoms with Crippen LogP contribution in [0.4, 0.5) is 0 Å². The molecule has 0 saturated carbocycles. The molecule has 0 saturated heterocycles. The Hall–Kier alpha value is -3.26. The van der Waals surface area contributed by atoms with Gasteiger partial charge in [-0.15, -0.1) is 0 Å². The molecule has 0 amide bonds. The molecule has 0 atom stereocenters. The second-order valence-electron chi connectivity index (χ2n) is 7.70. The maximum atomic E-state index is 2.37. The zero-order valence-corrected chi connectivity index (χ0v) is 17.5. The van der Waals surface area contributed by atoms with Crippen molar-refractivity contribution in [1.29, 1.82) is 0 Å². The summed E-state index contributed by atoms with van der Waals surface area (Å²) in [5, 5.41) is 0. The average Bonchev–Trinajstić information content (AvgIpc) is 2.74. The third kappa shape index (κ3) is 4.12. The number of pyridine rings is 2.